The van der Waals surface area contributed by atoms with Crippen LogP contribution in [0.4, 0.5) is 0 Å². The zero-order valence-corrected chi connectivity index (χ0v) is 9.02. The van der Waals surface area contributed by atoms with Gasteiger partial charge in [-0.2, -0.15) is 0 Å². The van der Waals surface area contributed by atoms with Gasteiger partial charge in [0.1, 0.15) is 0 Å². The van der Waals surface area contributed by atoms with Crippen molar-refractivity contribution in [1.29, 1.82) is 0 Å². The van der Waals surface area contributed by atoms with Crippen molar-refractivity contribution in [2.24, 2.45) is 5.92 Å². The van der Waals surface area contributed by atoms with Crippen molar-refractivity contribution >= 4 is 0 Å². The van der Waals surface area contributed by atoms with Crippen molar-refractivity contribution in [3.63, 3.8) is 0 Å². The Hall–Kier alpha value is -0.300. The van der Waals surface area contributed by atoms with Gasteiger partial charge in [0.2, 0.25) is 0 Å². The lowest BCUT2D eigenvalue weighted by Crippen LogP contribution is -2.16. The van der Waals surface area contributed by atoms with E-state index in [1.165, 1.54) is 18.4 Å². The highest BCUT2D eigenvalue weighted by molar-refractivity contribution is 5.08. The van der Waals surface area contributed by atoms with E-state index < -0.39 is 5.60 Å². The third-order valence-corrected chi connectivity index (χ3v) is 2.08. The number of allylic oxidation sites excluding steroid dienone is 1. The first-order chi connectivity index (χ1) is 5.37. The van der Waals surface area contributed by atoms with E-state index in [4.69, 9.17) is 0 Å². The number of hydrogen-bond donors (Lipinski definition) is 1. The maximum absolute atomic E-state index is 9.53. The summed E-state index contributed by atoms with van der Waals surface area (Å²) in [7, 11) is 0. The van der Waals surface area contributed by atoms with E-state index in [0.717, 1.165) is 0 Å². The molecule has 0 aromatic heterocycles. The summed E-state index contributed by atoms with van der Waals surface area (Å²) in [6.45, 7) is 10.1. The van der Waals surface area contributed by atoms with E-state index in [1.54, 1.807) is 0 Å². The Labute approximate surface area is 76.5 Å². The molecule has 1 N–H and O–H groups in total. The molecule has 0 saturated heterocycles. The van der Waals surface area contributed by atoms with E-state index in [1.807, 2.05) is 19.9 Å². The normalized spacial score (nSPS) is 16.3. The van der Waals surface area contributed by atoms with Crippen LogP contribution in [-0.4, -0.2) is 10.7 Å². The third kappa shape index (κ3) is 5.36. The largest absolute Gasteiger partial charge is 0.386 e. The number of rotatable bonds is 4. The molecule has 1 unspecified atom stereocenters. The minimum Gasteiger partial charge on any atom is -0.386 e. The summed E-state index contributed by atoms with van der Waals surface area (Å²) in [6, 6.07) is 0. The molecule has 0 radical (unpaired) electrons. The Balaban J connectivity index is 4.17. The van der Waals surface area contributed by atoms with Crippen LogP contribution in [0.15, 0.2) is 11.6 Å². The van der Waals surface area contributed by atoms with E-state index in [9.17, 15) is 5.11 Å². The van der Waals surface area contributed by atoms with Gasteiger partial charge in [-0.15, -0.1) is 0 Å². The van der Waals surface area contributed by atoms with Gasteiger partial charge < -0.3 is 5.11 Å². The zero-order valence-electron chi connectivity index (χ0n) is 9.02. The molecular weight excluding hydrogens is 148 g/mol. The monoisotopic (exact) mass is 170 g/mol. The molecule has 0 fully saturated rings. The van der Waals surface area contributed by atoms with Crippen LogP contribution in [0.2, 0.25) is 0 Å². The van der Waals surface area contributed by atoms with E-state index in [-0.39, 0.29) is 0 Å². The van der Waals surface area contributed by atoms with Gasteiger partial charge in [0.05, 0.1) is 5.60 Å². The molecular formula is C11H22O. The Morgan fingerprint density at radius 3 is 2.33 bits per heavy atom. The van der Waals surface area contributed by atoms with E-state index in [0.29, 0.717) is 5.92 Å². The fourth-order valence-electron chi connectivity index (χ4n) is 1.36. The zero-order chi connectivity index (χ0) is 9.78. The molecule has 0 amide bonds. The average Bonchev–Trinajstić information content (AvgIpc) is 1.84. The second kappa shape index (κ2) is 4.66. The van der Waals surface area contributed by atoms with Crippen molar-refractivity contribution in [1.82, 2.24) is 0 Å². The summed E-state index contributed by atoms with van der Waals surface area (Å²) >= 11 is 0. The lowest BCUT2D eigenvalue weighted by molar-refractivity contribution is 0.131. The Kier molecular flexibility index (Phi) is 4.54. The van der Waals surface area contributed by atoms with Gasteiger partial charge in [0, 0.05) is 0 Å². The van der Waals surface area contributed by atoms with Crippen LogP contribution >= 0.6 is 0 Å². The topological polar surface area (TPSA) is 20.2 Å². The van der Waals surface area contributed by atoms with Crippen molar-refractivity contribution in [3.05, 3.63) is 11.6 Å². The first-order valence-corrected chi connectivity index (χ1v) is 4.78. The van der Waals surface area contributed by atoms with Crippen molar-refractivity contribution < 1.29 is 5.11 Å². The highest BCUT2D eigenvalue weighted by Crippen LogP contribution is 2.18. The molecule has 0 aliphatic carbocycles. The summed E-state index contributed by atoms with van der Waals surface area (Å²) in [6.07, 6.45) is 4.37. The fraction of sp³-hybridized carbons (Fsp3) is 0.818. The molecule has 0 aromatic carbocycles. The Morgan fingerprint density at radius 1 is 1.50 bits per heavy atom. The molecule has 0 aromatic rings. The fourth-order valence-corrected chi connectivity index (χ4v) is 1.36. The highest BCUT2D eigenvalue weighted by Gasteiger charge is 2.11. The van der Waals surface area contributed by atoms with Crippen LogP contribution in [0.5, 0.6) is 0 Å². The van der Waals surface area contributed by atoms with Crippen LogP contribution in [0.25, 0.3) is 0 Å². The Bertz CT molecular complexity index is 151. The molecule has 0 heterocycles. The first-order valence-electron chi connectivity index (χ1n) is 4.78. The summed E-state index contributed by atoms with van der Waals surface area (Å²) in [5.41, 5.74) is 0.635. The molecule has 1 nitrogen and oxygen atoms in total. The second-order valence-electron chi connectivity index (χ2n) is 4.23. The predicted octanol–water partition coefficient (Wildman–Crippen LogP) is 3.14. The molecule has 1 atom stereocenters. The molecule has 0 aliphatic heterocycles. The Morgan fingerprint density at radius 2 is 2.00 bits per heavy atom. The minimum atomic E-state index is -0.661. The molecule has 1 heteroatoms. The number of aliphatic hydroxyl groups is 1. The smallest absolute Gasteiger partial charge is 0.0774 e. The summed E-state index contributed by atoms with van der Waals surface area (Å²) in [5, 5.41) is 9.53. The second-order valence-corrected chi connectivity index (χ2v) is 4.23. The van der Waals surface area contributed by atoms with Gasteiger partial charge in [-0.3, -0.25) is 0 Å². The van der Waals surface area contributed by atoms with Crippen LogP contribution in [0.1, 0.15) is 47.5 Å². The van der Waals surface area contributed by atoms with E-state index >= 15 is 0 Å². The molecule has 0 saturated carbocycles. The average molecular weight is 170 g/mol. The van der Waals surface area contributed by atoms with Crippen LogP contribution in [-0.2, 0) is 0 Å². The summed E-state index contributed by atoms with van der Waals surface area (Å²) < 4.78 is 0. The van der Waals surface area contributed by atoms with Crippen molar-refractivity contribution in [2.75, 3.05) is 0 Å². The van der Waals surface area contributed by atoms with Crippen LogP contribution < -0.4 is 0 Å². The molecule has 0 spiro atoms. The van der Waals surface area contributed by atoms with Crippen LogP contribution in [0.3, 0.4) is 0 Å². The number of hydrogen-bond acceptors (Lipinski definition) is 1. The molecule has 0 bridgehead atoms. The van der Waals surface area contributed by atoms with Crippen molar-refractivity contribution in [3.8, 4) is 0 Å². The highest BCUT2D eigenvalue weighted by atomic mass is 16.3. The molecule has 0 aliphatic rings. The van der Waals surface area contributed by atoms with Gasteiger partial charge in [-0.25, -0.2) is 0 Å². The molecule has 0 rings (SSSR count). The minimum absolute atomic E-state index is 0.599. The maximum Gasteiger partial charge on any atom is 0.0774 e. The quantitative estimate of drug-likeness (QED) is 0.643. The van der Waals surface area contributed by atoms with Gasteiger partial charge in [-0.05, 0) is 33.1 Å². The van der Waals surface area contributed by atoms with Gasteiger partial charge in [-0.1, -0.05) is 31.9 Å². The molecule has 72 valence electrons. The lowest BCUT2D eigenvalue weighted by atomic mass is 9.94. The van der Waals surface area contributed by atoms with Crippen molar-refractivity contribution in [2.45, 2.75) is 53.1 Å². The summed E-state index contributed by atoms with van der Waals surface area (Å²) in [4.78, 5) is 0. The van der Waals surface area contributed by atoms with Crippen LogP contribution in [0, 0.1) is 5.92 Å². The third-order valence-electron chi connectivity index (χ3n) is 2.08. The van der Waals surface area contributed by atoms with Gasteiger partial charge in [0.25, 0.3) is 0 Å². The summed E-state index contributed by atoms with van der Waals surface area (Å²) in [5.74, 6) is 0.599. The molecule has 12 heavy (non-hydrogen) atoms. The standard InChI is InChI=1S/C11H22O/c1-6-7-9(2)10(3)8-11(4,5)12/h8-9,12H,6-7H2,1-5H3/b10-8-. The lowest BCUT2D eigenvalue weighted by Gasteiger charge is -2.17. The SMILES string of the molecule is CCCC(C)/C(C)=C\C(C)(C)O. The van der Waals surface area contributed by atoms with E-state index in [2.05, 4.69) is 20.8 Å². The van der Waals surface area contributed by atoms with Gasteiger partial charge in [0.15, 0.2) is 0 Å². The maximum atomic E-state index is 9.53. The van der Waals surface area contributed by atoms with Gasteiger partial charge >= 0.3 is 0 Å². The first kappa shape index (κ1) is 11.7. The predicted molar refractivity (Wildman–Crippen MR) is 54.1 cm³/mol.